The first-order valence-electron chi connectivity index (χ1n) is 5.45. The lowest BCUT2D eigenvalue weighted by Crippen LogP contribution is -2.34. The van der Waals surface area contributed by atoms with E-state index in [1.54, 1.807) is 13.8 Å². The number of anilines is 1. The molecule has 0 saturated carbocycles. The quantitative estimate of drug-likeness (QED) is 0.877. The van der Waals surface area contributed by atoms with Gasteiger partial charge in [0.15, 0.2) is 0 Å². The molecule has 2 atom stereocenters. The Kier molecular flexibility index (Phi) is 4.34. The van der Waals surface area contributed by atoms with E-state index in [2.05, 4.69) is 5.32 Å². The fourth-order valence-corrected chi connectivity index (χ4v) is 1.27. The number of rotatable bonds is 3. The van der Waals surface area contributed by atoms with Gasteiger partial charge in [-0.3, -0.25) is 4.79 Å². The van der Waals surface area contributed by atoms with Crippen LogP contribution in [0.1, 0.15) is 19.4 Å². The summed E-state index contributed by atoms with van der Waals surface area (Å²) in [6, 6.07) is 4.13. The second kappa shape index (κ2) is 5.39. The smallest absolute Gasteiger partial charge is 0.327 e. The minimum atomic E-state index is -4.42. The van der Waals surface area contributed by atoms with Crippen LogP contribution in [0.15, 0.2) is 24.3 Å². The molecular formula is C12H15F3N2O. The van der Waals surface area contributed by atoms with Gasteiger partial charge in [0.05, 0.1) is 11.5 Å². The molecule has 0 aliphatic carbocycles. The largest absolute Gasteiger partial charge is 0.416 e. The SMILES string of the molecule is CC(N)C(C)C(=O)Nc1cccc(C(F)(F)F)c1. The summed E-state index contributed by atoms with van der Waals surface area (Å²) in [7, 11) is 0. The Balaban J connectivity index is 2.83. The summed E-state index contributed by atoms with van der Waals surface area (Å²) < 4.78 is 37.4. The molecule has 1 rings (SSSR count). The molecule has 1 aromatic rings. The van der Waals surface area contributed by atoms with Crippen LogP contribution in [0.4, 0.5) is 18.9 Å². The Hall–Kier alpha value is -1.56. The number of alkyl halides is 3. The van der Waals surface area contributed by atoms with Crippen LogP contribution in [0, 0.1) is 5.92 Å². The predicted octanol–water partition coefficient (Wildman–Crippen LogP) is 2.63. The zero-order chi connectivity index (χ0) is 13.9. The van der Waals surface area contributed by atoms with E-state index < -0.39 is 23.6 Å². The Morgan fingerprint density at radius 2 is 1.94 bits per heavy atom. The molecule has 0 aliphatic heterocycles. The molecule has 100 valence electrons. The van der Waals surface area contributed by atoms with Gasteiger partial charge in [-0.1, -0.05) is 13.0 Å². The monoisotopic (exact) mass is 260 g/mol. The molecule has 0 radical (unpaired) electrons. The first kappa shape index (κ1) is 14.5. The Morgan fingerprint density at radius 1 is 1.33 bits per heavy atom. The fraction of sp³-hybridized carbons (Fsp3) is 0.417. The van der Waals surface area contributed by atoms with E-state index in [0.717, 1.165) is 12.1 Å². The van der Waals surface area contributed by atoms with Crippen molar-refractivity contribution in [2.24, 2.45) is 11.7 Å². The van der Waals surface area contributed by atoms with Crippen molar-refractivity contribution >= 4 is 11.6 Å². The van der Waals surface area contributed by atoms with E-state index in [1.807, 2.05) is 0 Å². The van der Waals surface area contributed by atoms with Crippen molar-refractivity contribution in [3.8, 4) is 0 Å². The van der Waals surface area contributed by atoms with Crippen LogP contribution in [0.2, 0.25) is 0 Å². The predicted molar refractivity (Wildman–Crippen MR) is 62.9 cm³/mol. The van der Waals surface area contributed by atoms with E-state index in [9.17, 15) is 18.0 Å². The van der Waals surface area contributed by atoms with E-state index in [0.29, 0.717) is 0 Å². The van der Waals surface area contributed by atoms with Gasteiger partial charge in [-0.15, -0.1) is 0 Å². The van der Waals surface area contributed by atoms with E-state index in [-0.39, 0.29) is 11.7 Å². The molecule has 0 bridgehead atoms. The topological polar surface area (TPSA) is 55.1 Å². The molecule has 0 aromatic heterocycles. The van der Waals surface area contributed by atoms with Crippen LogP contribution in [0.3, 0.4) is 0 Å². The van der Waals surface area contributed by atoms with Crippen molar-refractivity contribution in [3.05, 3.63) is 29.8 Å². The Morgan fingerprint density at radius 3 is 2.44 bits per heavy atom. The number of halogens is 3. The van der Waals surface area contributed by atoms with Crippen LogP contribution in [-0.4, -0.2) is 11.9 Å². The summed E-state index contributed by atoms with van der Waals surface area (Å²) in [5.74, 6) is -0.871. The lowest BCUT2D eigenvalue weighted by atomic mass is 10.0. The lowest BCUT2D eigenvalue weighted by molar-refractivity contribution is -0.137. The molecule has 3 N–H and O–H groups in total. The molecule has 2 unspecified atom stereocenters. The average molecular weight is 260 g/mol. The maximum atomic E-state index is 12.5. The lowest BCUT2D eigenvalue weighted by Gasteiger charge is -2.16. The molecule has 0 fully saturated rings. The first-order chi connectivity index (χ1) is 8.21. The highest BCUT2D eigenvalue weighted by Gasteiger charge is 2.30. The zero-order valence-electron chi connectivity index (χ0n) is 10.1. The highest BCUT2D eigenvalue weighted by Crippen LogP contribution is 2.30. The van der Waals surface area contributed by atoms with Gasteiger partial charge in [-0.05, 0) is 25.1 Å². The van der Waals surface area contributed by atoms with Gasteiger partial charge in [0, 0.05) is 11.7 Å². The van der Waals surface area contributed by atoms with Crippen molar-refractivity contribution in [1.82, 2.24) is 0 Å². The number of hydrogen-bond acceptors (Lipinski definition) is 2. The van der Waals surface area contributed by atoms with Crippen LogP contribution in [-0.2, 0) is 11.0 Å². The average Bonchev–Trinajstić information content (AvgIpc) is 2.27. The number of benzene rings is 1. The summed E-state index contributed by atoms with van der Waals surface area (Å²) in [5.41, 5.74) is 4.86. The van der Waals surface area contributed by atoms with Crippen LogP contribution in [0.5, 0.6) is 0 Å². The number of carbonyl (C=O) groups is 1. The van der Waals surface area contributed by atoms with Gasteiger partial charge < -0.3 is 11.1 Å². The maximum Gasteiger partial charge on any atom is 0.416 e. The Bertz CT molecular complexity index is 430. The minimum Gasteiger partial charge on any atom is -0.327 e. The summed E-state index contributed by atoms with van der Waals surface area (Å²) in [4.78, 5) is 11.6. The third kappa shape index (κ3) is 3.73. The van der Waals surface area contributed by atoms with E-state index in [4.69, 9.17) is 5.73 Å². The van der Waals surface area contributed by atoms with Crippen LogP contribution in [0.25, 0.3) is 0 Å². The molecule has 18 heavy (non-hydrogen) atoms. The van der Waals surface area contributed by atoms with Gasteiger partial charge in [-0.25, -0.2) is 0 Å². The standard InChI is InChI=1S/C12H15F3N2O/c1-7(8(2)16)11(18)17-10-5-3-4-9(6-10)12(13,14)15/h3-8H,16H2,1-2H3,(H,17,18). The number of nitrogens with two attached hydrogens (primary N) is 1. The van der Waals surface area contributed by atoms with Gasteiger partial charge in [0.25, 0.3) is 0 Å². The molecule has 0 spiro atoms. The zero-order valence-corrected chi connectivity index (χ0v) is 10.1. The molecule has 0 heterocycles. The van der Waals surface area contributed by atoms with Gasteiger partial charge in [0.1, 0.15) is 0 Å². The highest BCUT2D eigenvalue weighted by atomic mass is 19.4. The first-order valence-corrected chi connectivity index (χ1v) is 5.45. The summed E-state index contributed by atoms with van der Waals surface area (Å²) in [5, 5.41) is 2.42. The van der Waals surface area contributed by atoms with Crippen LogP contribution < -0.4 is 11.1 Å². The van der Waals surface area contributed by atoms with Crippen molar-refractivity contribution in [2.75, 3.05) is 5.32 Å². The maximum absolute atomic E-state index is 12.5. The van der Waals surface area contributed by atoms with Gasteiger partial charge in [0.2, 0.25) is 5.91 Å². The molecule has 1 amide bonds. The van der Waals surface area contributed by atoms with E-state index in [1.165, 1.54) is 12.1 Å². The number of hydrogen-bond donors (Lipinski definition) is 2. The molecule has 0 saturated heterocycles. The van der Waals surface area contributed by atoms with Gasteiger partial charge >= 0.3 is 6.18 Å². The number of amides is 1. The highest BCUT2D eigenvalue weighted by molar-refractivity contribution is 5.92. The minimum absolute atomic E-state index is 0.113. The molecule has 1 aromatic carbocycles. The van der Waals surface area contributed by atoms with Crippen molar-refractivity contribution in [1.29, 1.82) is 0 Å². The van der Waals surface area contributed by atoms with Crippen LogP contribution >= 0.6 is 0 Å². The molecule has 3 nitrogen and oxygen atoms in total. The third-order valence-electron chi connectivity index (χ3n) is 2.66. The normalized spacial score (nSPS) is 15.0. The second-order valence-electron chi connectivity index (χ2n) is 4.22. The molecule has 6 heteroatoms. The van der Waals surface area contributed by atoms with Crippen molar-refractivity contribution in [2.45, 2.75) is 26.1 Å². The summed E-state index contributed by atoms with van der Waals surface area (Å²) >= 11 is 0. The van der Waals surface area contributed by atoms with Crippen molar-refractivity contribution < 1.29 is 18.0 Å². The van der Waals surface area contributed by atoms with E-state index >= 15 is 0 Å². The van der Waals surface area contributed by atoms with Crippen molar-refractivity contribution in [3.63, 3.8) is 0 Å². The van der Waals surface area contributed by atoms with Gasteiger partial charge in [-0.2, -0.15) is 13.2 Å². The second-order valence-corrected chi connectivity index (χ2v) is 4.22. The summed E-state index contributed by atoms with van der Waals surface area (Å²) in [6.45, 7) is 3.28. The number of carbonyl (C=O) groups excluding carboxylic acids is 1. The molecular weight excluding hydrogens is 245 g/mol. The third-order valence-corrected chi connectivity index (χ3v) is 2.66. The Labute approximate surface area is 103 Å². The number of nitrogens with one attached hydrogen (secondary N) is 1. The summed E-state index contributed by atoms with van der Waals surface area (Å²) in [6.07, 6.45) is -4.42. The molecule has 0 aliphatic rings. The fourth-order valence-electron chi connectivity index (χ4n) is 1.27.